The van der Waals surface area contributed by atoms with E-state index >= 15 is 0 Å². The quantitative estimate of drug-likeness (QED) is 0.830. The first-order valence-corrected chi connectivity index (χ1v) is 5.67. The lowest BCUT2D eigenvalue weighted by atomic mass is 10.1. The second-order valence-electron chi connectivity index (χ2n) is 4.30. The zero-order chi connectivity index (χ0) is 12.3. The van der Waals surface area contributed by atoms with Crippen molar-refractivity contribution in [1.82, 2.24) is 9.88 Å². The van der Waals surface area contributed by atoms with E-state index in [2.05, 4.69) is 4.98 Å². The summed E-state index contributed by atoms with van der Waals surface area (Å²) in [6.07, 6.45) is 2.44. The number of nitrogens with one attached hydrogen (secondary N) is 1. The fraction of sp³-hybridized carbons (Fsp3) is 0.500. The summed E-state index contributed by atoms with van der Waals surface area (Å²) in [4.78, 5) is 27.3. The zero-order valence-electron chi connectivity index (χ0n) is 9.81. The highest BCUT2D eigenvalue weighted by atomic mass is 16.5. The summed E-state index contributed by atoms with van der Waals surface area (Å²) in [5.41, 5.74) is 0.336. The molecule has 1 atom stereocenters. The first-order valence-electron chi connectivity index (χ1n) is 5.67. The molecule has 5 nitrogen and oxygen atoms in total. The van der Waals surface area contributed by atoms with Crippen LogP contribution in [0.2, 0.25) is 0 Å². The van der Waals surface area contributed by atoms with Gasteiger partial charge in [0, 0.05) is 38.4 Å². The van der Waals surface area contributed by atoms with Gasteiger partial charge in [-0.1, -0.05) is 0 Å². The van der Waals surface area contributed by atoms with Crippen molar-refractivity contribution < 1.29 is 9.53 Å². The Morgan fingerprint density at radius 1 is 1.59 bits per heavy atom. The van der Waals surface area contributed by atoms with Gasteiger partial charge < -0.3 is 14.6 Å². The molecular formula is C12H16N2O3. The van der Waals surface area contributed by atoms with E-state index in [9.17, 15) is 9.59 Å². The summed E-state index contributed by atoms with van der Waals surface area (Å²) in [5, 5.41) is 0. The summed E-state index contributed by atoms with van der Waals surface area (Å²) in [5.74, 6) is 0.395. The predicted octanol–water partition coefficient (Wildman–Crippen LogP) is 0.483. The maximum absolute atomic E-state index is 12.1. The summed E-state index contributed by atoms with van der Waals surface area (Å²) in [7, 11) is 1.67. The van der Waals surface area contributed by atoms with Gasteiger partial charge in [-0.05, 0) is 12.5 Å². The van der Waals surface area contributed by atoms with Crippen LogP contribution >= 0.6 is 0 Å². The standard InChI is InChI=1S/C12H16N2O3/c1-17-8-9-4-5-14(7-9)12(16)10-2-3-11(15)13-6-10/h2-3,6,9H,4-5,7-8H2,1H3,(H,13,15). The third-order valence-electron chi connectivity index (χ3n) is 3.01. The van der Waals surface area contributed by atoms with Crippen LogP contribution in [0.15, 0.2) is 23.1 Å². The molecule has 1 saturated heterocycles. The number of likely N-dealkylation sites (tertiary alicyclic amines) is 1. The number of H-pyrrole nitrogens is 1. The number of nitrogens with zero attached hydrogens (tertiary/aromatic N) is 1. The Morgan fingerprint density at radius 2 is 2.41 bits per heavy atom. The van der Waals surface area contributed by atoms with E-state index in [0.29, 0.717) is 18.1 Å². The predicted molar refractivity (Wildman–Crippen MR) is 62.9 cm³/mol. The molecule has 0 aromatic carbocycles. The molecule has 0 saturated carbocycles. The smallest absolute Gasteiger partial charge is 0.255 e. The molecule has 0 bridgehead atoms. The van der Waals surface area contributed by atoms with Crippen molar-refractivity contribution in [2.24, 2.45) is 5.92 Å². The number of aromatic nitrogens is 1. The number of carbonyl (C=O) groups excluding carboxylic acids is 1. The lowest BCUT2D eigenvalue weighted by Crippen LogP contribution is -2.29. The number of carbonyl (C=O) groups is 1. The third kappa shape index (κ3) is 2.74. The van der Waals surface area contributed by atoms with Crippen molar-refractivity contribution in [3.63, 3.8) is 0 Å². The van der Waals surface area contributed by atoms with Crippen LogP contribution in [0.4, 0.5) is 0 Å². The van der Waals surface area contributed by atoms with Gasteiger partial charge >= 0.3 is 0 Å². The number of ether oxygens (including phenoxy) is 1. The molecule has 2 heterocycles. The van der Waals surface area contributed by atoms with Crippen LogP contribution in [-0.4, -0.2) is 42.6 Å². The second kappa shape index (κ2) is 5.14. The molecule has 1 fully saturated rings. The lowest BCUT2D eigenvalue weighted by Gasteiger charge is -2.16. The number of methoxy groups -OCH3 is 1. The zero-order valence-corrected chi connectivity index (χ0v) is 9.81. The Balaban J connectivity index is 2.02. The highest BCUT2D eigenvalue weighted by Gasteiger charge is 2.26. The van der Waals surface area contributed by atoms with Gasteiger partial charge in [0.15, 0.2) is 0 Å². The van der Waals surface area contributed by atoms with Crippen LogP contribution in [0.3, 0.4) is 0 Å². The van der Waals surface area contributed by atoms with Crippen molar-refractivity contribution in [3.05, 3.63) is 34.2 Å². The van der Waals surface area contributed by atoms with E-state index in [4.69, 9.17) is 4.74 Å². The average molecular weight is 236 g/mol. The highest BCUT2D eigenvalue weighted by molar-refractivity contribution is 5.94. The number of amides is 1. The number of rotatable bonds is 3. The van der Waals surface area contributed by atoms with Crippen LogP contribution < -0.4 is 5.56 Å². The van der Waals surface area contributed by atoms with E-state index in [1.165, 1.54) is 12.3 Å². The van der Waals surface area contributed by atoms with E-state index < -0.39 is 0 Å². The van der Waals surface area contributed by atoms with Crippen molar-refractivity contribution >= 4 is 5.91 Å². The van der Waals surface area contributed by atoms with Gasteiger partial charge in [-0.15, -0.1) is 0 Å². The lowest BCUT2D eigenvalue weighted by molar-refractivity contribution is 0.0775. The highest BCUT2D eigenvalue weighted by Crippen LogP contribution is 2.18. The minimum Gasteiger partial charge on any atom is -0.384 e. The topological polar surface area (TPSA) is 62.4 Å². The fourth-order valence-electron chi connectivity index (χ4n) is 2.12. The van der Waals surface area contributed by atoms with Crippen LogP contribution in [0.5, 0.6) is 0 Å². The monoisotopic (exact) mass is 236 g/mol. The first kappa shape index (κ1) is 11.9. The summed E-state index contributed by atoms with van der Waals surface area (Å²) in [6.45, 7) is 2.17. The molecule has 17 heavy (non-hydrogen) atoms. The molecule has 2 rings (SSSR count). The average Bonchev–Trinajstić information content (AvgIpc) is 2.78. The molecular weight excluding hydrogens is 220 g/mol. The first-order chi connectivity index (χ1) is 8.20. The molecule has 0 radical (unpaired) electrons. The second-order valence-corrected chi connectivity index (χ2v) is 4.30. The molecule has 0 spiro atoms. The Kier molecular flexibility index (Phi) is 3.58. The van der Waals surface area contributed by atoms with Gasteiger partial charge in [0.1, 0.15) is 0 Å². The minimum atomic E-state index is -0.194. The Morgan fingerprint density at radius 3 is 3.06 bits per heavy atom. The number of hydrogen-bond donors (Lipinski definition) is 1. The van der Waals surface area contributed by atoms with Crippen molar-refractivity contribution in [3.8, 4) is 0 Å². The van der Waals surface area contributed by atoms with Crippen LogP contribution in [0.25, 0.3) is 0 Å². The van der Waals surface area contributed by atoms with E-state index in [0.717, 1.165) is 19.5 Å². The van der Waals surface area contributed by atoms with Crippen molar-refractivity contribution in [2.45, 2.75) is 6.42 Å². The third-order valence-corrected chi connectivity index (χ3v) is 3.01. The maximum Gasteiger partial charge on any atom is 0.255 e. The molecule has 1 aromatic heterocycles. The Hall–Kier alpha value is -1.62. The number of aromatic amines is 1. The molecule has 1 unspecified atom stereocenters. The Labute approximate surface area is 99.4 Å². The van der Waals surface area contributed by atoms with Crippen LogP contribution in [0.1, 0.15) is 16.8 Å². The van der Waals surface area contributed by atoms with E-state index in [-0.39, 0.29) is 11.5 Å². The molecule has 0 aliphatic carbocycles. The van der Waals surface area contributed by atoms with Crippen LogP contribution in [0, 0.1) is 5.92 Å². The van der Waals surface area contributed by atoms with Gasteiger partial charge in [0.25, 0.3) is 5.91 Å². The summed E-state index contributed by atoms with van der Waals surface area (Å²) >= 11 is 0. The van der Waals surface area contributed by atoms with E-state index in [1.54, 1.807) is 18.1 Å². The summed E-state index contributed by atoms with van der Waals surface area (Å²) in [6, 6.07) is 2.93. The molecule has 1 amide bonds. The SMILES string of the molecule is COCC1CCN(C(=O)c2ccc(=O)[nH]c2)C1. The number of pyridine rings is 1. The van der Waals surface area contributed by atoms with Crippen LogP contribution in [-0.2, 0) is 4.74 Å². The van der Waals surface area contributed by atoms with Gasteiger partial charge in [-0.2, -0.15) is 0 Å². The normalized spacial score (nSPS) is 19.6. The summed E-state index contributed by atoms with van der Waals surface area (Å²) < 4.78 is 5.09. The molecule has 1 aliphatic heterocycles. The van der Waals surface area contributed by atoms with Gasteiger partial charge in [-0.25, -0.2) is 0 Å². The largest absolute Gasteiger partial charge is 0.384 e. The van der Waals surface area contributed by atoms with Crippen molar-refractivity contribution in [1.29, 1.82) is 0 Å². The molecule has 1 aliphatic rings. The molecule has 5 heteroatoms. The molecule has 1 N–H and O–H groups in total. The Bertz CT molecular complexity index is 435. The van der Waals surface area contributed by atoms with Gasteiger partial charge in [0.05, 0.1) is 12.2 Å². The fourth-order valence-corrected chi connectivity index (χ4v) is 2.12. The minimum absolute atomic E-state index is 0.0279. The molecule has 92 valence electrons. The van der Waals surface area contributed by atoms with E-state index in [1.807, 2.05) is 0 Å². The van der Waals surface area contributed by atoms with Crippen molar-refractivity contribution in [2.75, 3.05) is 26.8 Å². The van der Waals surface area contributed by atoms with Gasteiger partial charge in [-0.3, -0.25) is 9.59 Å². The number of hydrogen-bond acceptors (Lipinski definition) is 3. The molecule has 1 aromatic rings. The maximum atomic E-state index is 12.1. The van der Waals surface area contributed by atoms with Gasteiger partial charge in [0.2, 0.25) is 5.56 Å².